The first-order valence-electron chi connectivity index (χ1n) is 4.21. The van der Waals surface area contributed by atoms with Gasteiger partial charge in [0.15, 0.2) is 0 Å². The number of rotatable bonds is 1. The first-order valence-corrected chi connectivity index (χ1v) is 4.21. The van der Waals surface area contributed by atoms with E-state index in [-0.39, 0.29) is 13.2 Å². The second-order valence-electron chi connectivity index (χ2n) is 2.64. The van der Waals surface area contributed by atoms with Crippen molar-refractivity contribution in [2.45, 2.75) is 13.1 Å². The predicted octanol–water partition coefficient (Wildman–Crippen LogP) is 1.93. The van der Waals surface area contributed by atoms with Gasteiger partial charge in [-0.15, -0.1) is 0 Å². The van der Waals surface area contributed by atoms with E-state index in [1.54, 1.807) is 0 Å². The number of nitrogens with zero attached hydrogens (tertiary/aromatic N) is 2. The van der Waals surface area contributed by atoms with E-state index in [0.29, 0.717) is 4.90 Å². The van der Waals surface area contributed by atoms with E-state index in [9.17, 15) is 18.0 Å². The van der Waals surface area contributed by atoms with Crippen molar-refractivity contribution in [3.05, 3.63) is 12.3 Å². The van der Waals surface area contributed by atoms with Crippen LogP contribution in [-0.4, -0.2) is 36.2 Å². The van der Waals surface area contributed by atoms with Crippen LogP contribution in [0.2, 0.25) is 0 Å². The van der Waals surface area contributed by atoms with Crippen LogP contribution in [0.25, 0.3) is 0 Å². The van der Waals surface area contributed by atoms with E-state index < -0.39 is 18.1 Å². The van der Waals surface area contributed by atoms with Gasteiger partial charge in [-0.25, -0.2) is 9.79 Å². The lowest BCUT2D eigenvalue weighted by atomic mass is 10.4. The van der Waals surface area contributed by atoms with Gasteiger partial charge in [-0.1, -0.05) is 0 Å². The Kier molecular flexibility index (Phi) is 3.33. The number of alkyl halides is 3. The Morgan fingerprint density at radius 1 is 1.67 bits per heavy atom. The molecule has 7 heteroatoms. The Morgan fingerprint density at radius 2 is 2.33 bits per heavy atom. The number of ether oxygens (including phenoxy) is 1. The van der Waals surface area contributed by atoms with E-state index in [4.69, 9.17) is 0 Å². The van der Waals surface area contributed by atoms with E-state index in [2.05, 4.69) is 9.73 Å². The van der Waals surface area contributed by atoms with Gasteiger partial charge < -0.3 is 4.74 Å². The Balaban J connectivity index is 2.86. The molecule has 0 unspecified atom stereocenters. The predicted molar refractivity (Wildman–Crippen MR) is 46.4 cm³/mol. The highest BCUT2D eigenvalue weighted by Gasteiger charge is 2.43. The third-order valence-corrected chi connectivity index (χ3v) is 1.59. The fraction of sp³-hybridized carbons (Fsp3) is 0.500. The first-order chi connectivity index (χ1) is 6.96. The second-order valence-corrected chi connectivity index (χ2v) is 2.64. The Hall–Kier alpha value is -1.53. The fourth-order valence-corrected chi connectivity index (χ4v) is 1.02. The van der Waals surface area contributed by atoms with Gasteiger partial charge in [-0.3, -0.25) is 4.90 Å². The van der Waals surface area contributed by atoms with Gasteiger partial charge in [0.25, 0.3) is 0 Å². The maximum Gasteiger partial charge on any atom is 0.449 e. The van der Waals surface area contributed by atoms with Crippen molar-refractivity contribution < 1.29 is 22.7 Å². The van der Waals surface area contributed by atoms with Gasteiger partial charge in [-0.2, -0.15) is 13.2 Å². The SMILES string of the molecule is CCOC(=O)N1CC=CN=C1C(F)(F)F. The first kappa shape index (κ1) is 11.5. The molecule has 0 radical (unpaired) electrons. The van der Waals surface area contributed by atoms with Crippen LogP contribution in [0.1, 0.15) is 6.92 Å². The largest absolute Gasteiger partial charge is 0.449 e. The molecule has 0 spiro atoms. The summed E-state index contributed by atoms with van der Waals surface area (Å²) >= 11 is 0. The third kappa shape index (κ3) is 2.71. The van der Waals surface area contributed by atoms with Crippen LogP contribution in [0.3, 0.4) is 0 Å². The van der Waals surface area contributed by atoms with E-state index in [1.807, 2.05) is 0 Å². The van der Waals surface area contributed by atoms with Gasteiger partial charge in [0, 0.05) is 6.20 Å². The van der Waals surface area contributed by atoms with Crippen molar-refractivity contribution in [2.75, 3.05) is 13.2 Å². The normalized spacial score (nSPS) is 16.3. The van der Waals surface area contributed by atoms with Crippen LogP contribution < -0.4 is 0 Å². The third-order valence-electron chi connectivity index (χ3n) is 1.59. The molecule has 15 heavy (non-hydrogen) atoms. The maximum absolute atomic E-state index is 12.4. The Morgan fingerprint density at radius 3 is 2.87 bits per heavy atom. The number of carbonyl (C=O) groups excluding carboxylic acids is 1. The number of carbonyl (C=O) groups is 1. The quantitative estimate of drug-likeness (QED) is 0.680. The molecule has 84 valence electrons. The summed E-state index contributed by atoms with van der Waals surface area (Å²) in [5.41, 5.74) is 0. The van der Waals surface area contributed by atoms with Crippen LogP contribution in [-0.2, 0) is 4.74 Å². The molecule has 0 saturated heterocycles. The molecular formula is C8H9F3N2O2. The minimum Gasteiger partial charge on any atom is -0.449 e. The molecule has 0 fully saturated rings. The summed E-state index contributed by atoms with van der Waals surface area (Å²) in [4.78, 5) is 14.7. The summed E-state index contributed by atoms with van der Waals surface area (Å²) in [6, 6.07) is 0. The minimum absolute atomic E-state index is 0.0180. The molecule has 1 aliphatic rings. The Bertz CT molecular complexity index is 309. The number of amides is 1. The van der Waals surface area contributed by atoms with Crippen LogP contribution >= 0.6 is 0 Å². The van der Waals surface area contributed by atoms with Gasteiger partial charge in [0.05, 0.1) is 13.2 Å². The zero-order chi connectivity index (χ0) is 11.5. The van der Waals surface area contributed by atoms with Crippen molar-refractivity contribution in [3.8, 4) is 0 Å². The molecule has 1 amide bonds. The summed E-state index contributed by atoms with van der Waals surface area (Å²) < 4.78 is 41.6. The van der Waals surface area contributed by atoms with Crippen molar-refractivity contribution >= 4 is 11.9 Å². The molecule has 1 rings (SSSR count). The fourth-order valence-electron chi connectivity index (χ4n) is 1.02. The summed E-state index contributed by atoms with van der Waals surface area (Å²) in [6.07, 6.45) is -3.35. The molecular weight excluding hydrogens is 213 g/mol. The van der Waals surface area contributed by atoms with Gasteiger partial charge in [-0.05, 0) is 13.0 Å². The van der Waals surface area contributed by atoms with E-state index in [0.717, 1.165) is 6.20 Å². The molecule has 4 nitrogen and oxygen atoms in total. The number of halogens is 3. The lowest BCUT2D eigenvalue weighted by Gasteiger charge is -2.24. The van der Waals surface area contributed by atoms with Crippen LogP contribution in [0, 0.1) is 0 Å². The second kappa shape index (κ2) is 4.33. The standard InChI is InChI=1S/C8H9F3N2O2/c1-2-15-7(14)13-5-3-4-12-6(13)8(9,10)11/h3-4H,2,5H2,1H3. The van der Waals surface area contributed by atoms with Gasteiger partial charge in [0.2, 0.25) is 5.84 Å². The van der Waals surface area contributed by atoms with Gasteiger partial charge >= 0.3 is 12.3 Å². The summed E-state index contributed by atoms with van der Waals surface area (Å²) in [5.74, 6) is -1.25. The zero-order valence-corrected chi connectivity index (χ0v) is 7.91. The van der Waals surface area contributed by atoms with E-state index >= 15 is 0 Å². The van der Waals surface area contributed by atoms with Crippen LogP contribution in [0.5, 0.6) is 0 Å². The monoisotopic (exact) mass is 222 g/mol. The number of hydrogen-bond acceptors (Lipinski definition) is 3. The smallest absolute Gasteiger partial charge is 0.449 e. The van der Waals surface area contributed by atoms with Crippen molar-refractivity contribution in [1.82, 2.24) is 4.90 Å². The highest BCUT2D eigenvalue weighted by atomic mass is 19.4. The number of hydrogen-bond donors (Lipinski definition) is 0. The van der Waals surface area contributed by atoms with E-state index in [1.165, 1.54) is 13.0 Å². The number of amidine groups is 1. The molecule has 1 heterocycles. The highest BCUT2D eigenvalue weighted by molar-refractivity contribution is 5.99. The topological polar surface area (TPSA) is 41.9 Å². The van der Waals surface area contributed by atoms with Crippen molar-refractivity contribution in [3.63, 3.8) is 0 Å². The van der Waals surface area contributed by atoms with Crippen molar-refractivity contribution in [1.29, 1.82) is 0 Å². The summed E-state index contributed by atoms with van der Waals surface area (Å²) in [7, 11) is 0. The molecule has 0 aliphatic carbocycles. The molecule has 1 aliphatic heterocycles. The molecule has 0 aromatic heterocycles. The minimum atomic E-state index is -4.66. The molecule has 0 atom stereocenters. The Labute approximate surface area is 84.0 Å². The maximum atomic E-state index is 12.4. The molecule has 0 saturated carbocycles. The van der Waals surface area contributed by atoms with Gasteiger partial charge in [0.1, 0.15) is 0 Å². The zero-order valence-electron chi connectivity index (χ0n) is 7.91. The lowest BCUT2D eigenvalue weighted by Crippen LogP contribution is -2.46. The van der Waals surface area contributed by atoms with Crippen molar-refractivity contribution in [2.24, 2.45) is 4.99 Å². The molecule has 0 aromatic carbocycles. The average molecular weight is 222 g/mol. The summed E-state index contributed by atoms with van der Waals surface area (Å²) in [6.45, 7) is 1.35. The highest BCUT2D eigenvalue weighted by Crippen LogP contribution is 2.22. The van der Waals surface area contributed by atoms with Crippen LogP contribution in [0.15, 0.2) is 17.3 Å². The van der Waals surface area contributed by atoms with Crippen LogP contribution in [0.4, 0.5) is 18.0 Å². The molecule has 0 N–H and O–H groups in total. The number of aliphatic imine (C=N–C) groups is 1. The lowest BCUT2D eigenvalue weighted by molar-refractivity contribution is -0.0681. The molecule has 0 aromatic rings. The summed E-state index contributed by atoms with van der Waals surface area (Å²) in [5, 5.41) is 0. The average Bonchev–Trinajstić information content (AvgIpc) is 2.17. The molecule has 0 bridgehead atoms.